The second-order valence-corrected chi connectivity index (χ2v) is 5.73. The molecule has 0 spiro atoms. The van der Waals surface area contributed by atoms with Crippen LogP contribution in [0, 0.1) is 0 Å². The van der Waals surface area contributed by atoms with Crippen LogP contribution in [-0.2, 0) is 6.42 Å². The van der Waals surface area contributed by atoms with E-state index < -0.39 is 0 Å². The molecule has 0 radical (unpaired) electrons. The number of aromatic nitrogens is 2. The fraction of sp³-hybridized carbons (Fsp3) is 0.588. The van der Waals surface area contributed by atoms with Crippen LogP contribution in [0.3, 0.4) is 0 Å². The van der Waals surface area contributed by atoms with E-state index in [-0.39, 0.29) is 6.04 Å². The maximum atomic E-state index is 6.21. The van der Waals surface area contributed by atoms with Crippen molar-refractivity contribution in [3.63, 3.8) is 0 Å². The molecule has 21 heavy (non-hydrogen) atoms. The Bertz CT molecular complexity index is 575. The summed E-state index contributed by atoms with van der Waals surface area (Å²) in [6, 6.07) is 6.82. The molecule has 4 nitrogen and oxygen atoms in total. The highest BCUT2D eigenvalue weighted by atomic mass is 15.2. The lowest BCUT2D eigenvalue weighted by Gasteiger charge is -2.28. The Balaban J connectivity index is 2.52. The molecule has 2 aromatic heterocycles. The van der Waals surface area contributed by atoms with Gasteiger partial charge in [-0.1, -0.05) is 19.9 Å². The molecule has 0 saturated heterocycles. The molecule has 0 bridgehead atoms. The minimum absolute atomic E-state index is 0.180. The minimum atomic E-state index is 0.180. The lowest BCUT2D eigenvalue weighted by Crippen LogP contribution is -2.34. The third-order valence-corrected chi connectivity index (χ3v) is 4.32. The molecule has 0 aliphatic carbocycles. The standard InChI is InChI=1S/C17H28N4/c1-5-13(4)20(7-3)17-15(12-14(18)6-2)21-11-9-8-10-16(21)19-17/h8-11,13-14H,5-7,12,18H2,1-4H3. The van der Waals surface area contributed by atoms with Gasteiger partial charge in [-0.05, 0) is 38.8 Å². The van der Waals surface area contributed by atoms with Crippen LogP contribution in [0.5, 0.6) is 0 Å². The number of fused-ring (bicyclic) bond motifs is 1. The molecular formula is C17H28N4. The van der Waals surface area contributed by atoms with E-state index in [2.05, 4.69) is 55.3 Å². The quantitative estimate of drug-likeness (QED) is 0.851. The zero-order valence-electron chi connectivity index (χ0n) is 13.7. The third kappa shape index (κ3) is 3.21. The predicted molar refractivity (Wildman–Crippen MR) is 89.9 cm³/mol. The van der Waals surface area contributed by atoms with Crippen molar-refractivity contribution in [2.75, 3.05) is 11.4 Å². The van der Waals surface area contributed by atoms with Crippen LogP contribution in [0.1, 0.15) is 46.2 Å². The van der Waals surface area contributed by atoms with Crippen molar-refractivity contribution in [2.45, 2.75) is 59.0 Å². The van der Waals surface area contributed by atoms with Crippen molar-refractivity contribution >= 4 is 11.5 Å². The number of pyridine rings is 1. The van der Waals surface area contributed by atoms with Crippen molar-refractivity contribution in [3.8, 4) is 0 Å². The van der Waals surface area contributed by atoms with Crippen LogP contribution >= 0.6 is 0 Å². The largest absolute Gasteiger partial charge is 0.353 e. The summed E-state index contributed by atoms with van der Waals surface area (Å²) in [5.74, 6) is 1.10. The number of nitrogens with two attached hydrogens (primary N) is 1. The van der Waals surface area contributed by atoms with Crippen molar-refractivity contribution in [1.29, 1.82) is 0 Å². The molecule has 2 aromatic rings. The summed E-state index contributed by atoms with van der Waals surface area (Å²) < 4.78 is 2.19. The fourth-order valence-corrected chi connectivity index (χ4v) is 2.74. The highest BCUT2D eigenvalue weighted by Crippen LogP contribution is 2.25. The van der Waals surface area contributed by atoms with Gasteiger partial charge >= 0.3 is 0 Å². The van der Waals surface area contributed by atoms with Gasteiger partial charge in [0.2, 0.25) is 0 Å². The van der Waals surface area contributed by atoms with Gasteiger partial charge in [-0.15, -0.1) is 0 Å². The number of rotatable bonds is 7. The Hall–Kier alpha value is -1.55. The molecule has 0 fully saturated rings. The van der Waals surface area contributed by atoms with E-state index in [1.807, 2.05) is 6.07 Å². The Morgan fingerprint density at radius 2 is 2.00 bits per heavy atom. The summed E-state index contributed by atoms with van der Waals surface area (Å²) in [5, 5.41) is 0. The predicted octanol–water partition coefficient (Wildman–Crippen LogP) is 3.24. The molecule has 2 N–H and O–H groups in total. The zero-order valence-corrected chi connectivity index (χ0v) is 13.7. The minimum Gasteiger partial charge on any atom is -0.353 e. The molecule has 2 rings (SSSR count). The van der Waals surface area contributed by atoms with Crippen molar-refractivity contribution in [2.24, 2.45) is 5.73 Å². The average Bonchev–Trinajstić information content (AvgIpc) is 2.86. The first-order valence-corrected chi connectivity index (χ1v) is 8.10. The van der Waals surface area contributed by atoms with Gasteiger partial charge in [-0.3, -0.25) is 0 Å². The van der Waals surface area contributed by atoms with E-state index in [1.165, 1.54) is 5.69 Å². The lowest BCUT2D eigenvalue weighted by molar-refractivity contribution is 0.605. The molecule has 0 aromatic carbocycles. The van der Waals surface area contributed by atoms with E-state index in [1.54, 1.807) is 0 Å². The summed E-state index contributed by atoms with van der Waals surface area (Å²) in [4.78, 5) is 7.27. The normalized spacial score (nSPS) is 14.3. The van der Waals surface area contributed by atoms with Crippen LogP contribution in [0.15, 0.2) is 24.4 Å². The molecule has 2 heterocycles. The molecule has 0 aliphatic heterocycles. The molecule has 0 amide bonds. The summed E-state index contributed by atoms with van der Waals surface area (Å²) in [5.41, 5.74) is 8.46. The van der Waals surface area contributed by atoms with Gasteiger partial charge in [0.15, 0.2) is 5.82 Å². The summed E-state index contributed by atoms with van der Waals surface area (Å²) in [7, 11) is 0. The Labute approximate surface area is 128 Å². The fourth-order valence-electron chi connectivity index (χ4n) is 2.74. The van der Waals surface area contributed by atoms with Gasteiger partial charge in [0.05, 0.1) is 5.69 Å². The summed E-state index contributed by atoms with van der Waals surface area (Å²) in [6.07, 6.45) is 5.05. The molecule has 2 atom stereocenters. The number of hydrogen-bond acceptors (Lipinski definition) is 3. The molecule has 116 valence electrons. The first-order valence-electron chi connectivity index (χ1n) is 8.10. The van der Waals surface area contributed by atoms with Crippen molar-refractivity contribution in [1.82, 2.24) is 9.38 Å². The van der Waals surface area contributed by atoms with Gasteiger partial charge in [0.1, 0.15) is 5.65 Å². The van der Waals surface area contributed by atoms with Crippen LogP contribution in [0.25, 0.3) is 5.65 Å². The van der Waals surface area contributed by atoms with Crippen LogP contribution in [0.4, 0.5) is 5.82 Å². The van der Waals surface area contributed by atoms with E-state index in [4.69, 9.17) is 10.7 Å². The van der Waals surface area contributed by atoms with Crippen LogP contribution in [0.2, 0.25) is 0 Å². The SMILES string of the molecule is CCC(N)Cc1c(N(CC)C(C)CC)nc2ccccn12. The van der Waals surface area contributed by atoms with Crippen LogP contribution < -0.4 is 10.6 Å². The first kappa shape index (κ1) is 15.8. The van der Waals surface area contributed by atoms with Gasteiger partial charge in [0.25, 0.3) is 0 Å². The topological polar surface area (TPSA) is 46.6 Å². The van der Waals surface area contributed by atoms with E-state index >= 15 is 0 Å². The third-order valence-electron chi connectivity index (χ3n) is 4.32. The molecule has 4 heteroatoms. The number of hydrogen-bond donors (Lipinski definition) is 1. The molecule has 0 aliphatic rings. The average molecular weight is 288 g/mol. The summed E-state index contributed by atoms with van der Waals surface area (Å²) >= 11 is 0. The maximum Gasteiger partial charge on any atom is 0.151 e. The number of anilines is 1. The van der Waals surface area contributed by atoms with Crippen LogP contribution in [-0.4, -0.2) is 28.0 Å². The second kappa shape index (κ2) is 6.94. The van der Waals surface area contributed by atoms with Gasteiger partial charge < -0.3 is 15.0 Å². The monoisotopic (exact) mass is 288 g/mol. The highest BCUT2D eigenvalue weighted by molar-refractivity contribution is 5.56. The Morgan fingerprint density at radius 3 is 2.62 bits per heavy atom. The van der Waals surface area contributed by atoms with Crippen molar-refractivity contribution in [3.05, 3.63) is 30.1 Å². The highest BCUT2D eigenvalue weighted by Gasteiger charge is 2.21. The van der Waals surface area contributed by atoms with Crippen molar-refractivity contribution < 1.29 is 0 Å². The lowest BCUT2D eigenvalue weighted by atomic mass is 10.1. The maximum absolute atomic E-state index is 6.21. The summed E-state index contributed by atoms with van der Waals surface area (Å²) in [6.45, 7) is 9.78. The van der Waals surface area contributed by atoms with E-state index in [9.17, 15) is 0 Å². The first-order chi connectivity index (χ1) is 10.1. The number of imidazole rings is 1. The zero-order chi connectivity index (χ0) is 15.4. The molecule has 2 unspecified atom stereocenters. The number of nitrogens with zero attached hydrogens (tertiary/aromatic N) is 3. The van der Waals surface area contributed by atoms with E-state index in [0.29, 0.717) is 6.04 Å². The Kier molecular flexibility index (Phi) is 5.23. The van der Waals surface area contributed by atoms with Gasteiger partial charge in [-0.2, -0.15) is 0 Å². The molecular weight excluding hydrogens is 260 g/mol. The smallest absolute Gasteiger partial charge is 0.151 e. The second-order valence-electron chi connectivity index (χ2n) is 5.73. The Morgan fingerprint density at radius 1 is 1.24 bits per heavy atom. The van der Waals surface area contributed by atoms with Gasteiger partial charge in [-0.25, -0.2) is 4.98 Å². The van der Waals surface area contributed by atoms with Gasteiger partial charge in [0, 0.05) is 31.2 Å². The molecule has 0 saturated carbocycles. The van der Waals surface area contributed by atoms with E-state index in [0.717, 1.165) is 37.3 Å².